The minimum atomic E-state index is 0.0450. The highest BCUT2D eigenvalue weighted by Crippen LogP contribution is 2.24. The van der Waals surface area contributed by atoms with E-state index in [9.17, 15) is 0 Å². The number of thioether (sulfide) groups is 1. The Morgan fingerprint density at radius 2 is 2.28 bits per heavy atom. The van der Waals surface area contributed by atoms with Gasteiger partial charge in [0.2, 0.25) is 0 Å². The molecule has 0 aliphatic carbocycles. The van der Waals surface area contributed by atoms with Gasteiger partial charge in [-0.1, -0.05) is 36.7 Å². The summed E-state index contributed by atoms with van der Waals surface area (Å²) in [6.07, 6.45) is 0.973. The Morgan fingerprint density at radius 1 is 1.50 bits per heavy atom. The van der Waals surface area contributed by atoms with Gasteiger partial charge < -0.3 is 10.6 Å². The van der Waals surface area contributed by atoms with E-state index in [1.807, 2.05) is 24.3 Å². The molecule has 2 nitrogen and oxygen atoms in total. The third-order valence-corrected chi connectivity index (χ3v) is 4.87. The Labute approximate surface area is 119 Å². The summed E-state index contributed by atoms with van der Waals surface area (Å²) in [5, 5.41) is 1.53. The van der Waals surface area contributed by atoms with Gasteiger partial charge in [0.05, 0.1) is 0 Å². The second-order valence-corrected chi connectivity index (χ2v) is 6.85. The SMILES string of the molecule is CC1CN(CCC(N)c2ccccc2Cl)CCS1. The maximum Gasteiger partial charge on any atom is 0.0453 e. The molecule has 1 fully saturated rings. The van der Waals surface area contributed by atoms with E-state index in [0.717, 1.165) is 28.8 Å². The highest BCUT2D eigenvalue weighted by molar-refractivity contribution is 7.99. The second kappa shape index (κ2) is 6.80. The molecular weight excluding hydrogens is 264 g/mol. The smallest absolute Gasteiger partial charge is 0.0453 e. The number of nitrogens with zero attached hydrogens (tertiary/aromatic N) is 1. The first kappa shape index (κ1) is 14.2. The minimum Gasteiger partial charge on any atom is -0.324 e. The molecule has 2 N–H and O–H groups in total. The Kier molecular flexibility index (Phi) is 5.37. The van der Waals surface area contributed by atoms with E-state index in [2.05, 4.69) is 23.6 Å². The quantitative estimate of drug-likeness (QED) is 0.921. The molecule has 100 valence electrons. The van der Waals surface area contributed by atoms with Crippen LogP contribution in [0.2, 0.25) is 5.02 Å². The van der Waals surface area contributed by atoms with Crippen molar-refractivity contribution in [3.05, 3.63) is 34.9 Å². The number of hydrogen-bond acceptors (Lipinski definition) is 3. The maximum absolute atomic E-state index is 6.23. The normalized spacial score (nSPS) is 22.9. The Hall–Kier alpha value is -0.220. The highest BCUT2D eigenvalue weighted by Gasteiger charge is 2.18. The molecule has 0 radical (unpaired) electrons. The molecule has 0 bridgehead atoms. The summed E-state index contributed by atoms with van der Waals surface area (Å²) in [5.74, 6) is 1.24. The Morgan fingerprint density at radius 3 is 3.00 bits per heavy atom. The lowest BCUT2D eigenvalue weighted by Crippen LogP contribution is -2.38. The molecule has 0 aromatic heterocycles. The molecule has 1 aliphatic rings. The van der Waals surface area contributed by atoms with Gasteiger partial charge in [-0.15, -0.1) is 0 Å². The first-order valence-electron chi connectivity index (χ1n) is 6.51. The largest absolute Gasteiger partial charge is 0.324 e. The van der Waals surface area contributed by atoms with E-state index in [4.69, 9.17) is 17.3 Å². The van der Waals surface area contributed by atoms with Crippen LogP contribution in [0.1, 0.15) is 24.9 Å². The fourth-order valence-electron chi connectivity index (χ4n) is 2.35. The van der Waals surface area contributed by atoms with Crippen molar-refractivity contribution in [3.63, 3.8) is 0 Å². The topological polar surface area (TPSA) is 29.3 Å². The molecule has 2 unspecified atom stereocenters. The van der Waals surface area contributed by atoms with Crippen LogP contribution in [0.3, 0.4) is 0 Å². The summed E-state index contributed by atoms with van der Waals surface area (Å²) >= 11 is 8.23. The number of rotatable bonds is 4. The van der Waals surface area contributed by atoms with Crippen LogP contribution >= 0.6 is 23.4 Å². The van der Waals surface area contributed by atoms with Crippen molar-refractivity contribution in [1.29, 1.82) is 0 Å². The van der Waals surface area contributed by atoms with E-state index in [-0.39, 0.29) is 6.04 Å². The molecule has 4 heteroatoms. The standard InChI is InChI=1S/C14H21ClN2S/c1-11-10-17(8-9-18-11)7-6-14(16)12-4-2-3-5-13(12)15/h2-5,11,14H,6-10,16H2,1H3. The monoisotopic (exact) mass is 284 g/mol. The summed E-state index contributed by atoms with van der Waals surface area (Å²) in [4.78, 5) is 2.51. The van der Waals surface area contributed by atoms with Crippen LogP contribution < -0.4 is 5.73 Å². The van der Waals surface area contributed by atoms with Gasteiger partial charge in [-0.3, -0.25) is 0 Å². The van der Waals surface area contributed by atoms with Crippen LogP contribution in [0.5, 0.6) is 0 Å². The van der Waals surface area contributed by atoms with E-state index >= 15 is 0 Å². The summed E-state index contributed by atoms with van der Waals surface area (Å²) in [6.45, 7) is 5.73. The van der Waals surface area contributed by atoms with Gasteiger partial charge in [0.15, 0.2) is 0 Å². The first-order chi connectivity index (χ1) is 8.66. The molecule has 0 amide bonds. The van der Waals surface area contributed by atoms with Crippen molar-refractivity contribution in [3.8, 4) is 0 Å². The van der Waals surface area contributed by atoms with Crippen molar-refractivity contribution in [2.45, 2.75) is 24.6 Å². The fraction of sp³-hybridized carbons (Fsp3) is 0.571. The predicted molar refractivity (Wildman–Crippen MR) is 81.4 cm³/mol. The first-order valence-corrected chi connectivity index (χ1v) is 7.93. The molecule has 1 saturated heterocycles. The van der Waals surface area contributed by atoms with Crippen molar-refractivity contribution < 1.29 is 0 Å². The van der Waals surface area contributed by atoms with Crippen LogP contribution in [0, 0.1) is 0 Å². The molecule has 1 aliphatic heterocycles. The van der Waals surface area contributed by atoms with Crippen molar-refractivity contribution in [2.24, 2.45) is 5.73 Å². The molecule has 0 spiro atoms. The van der Waals surface area contributed by atoms with Crippen LogP contribution in [0.25, 0.3) is 0 Å². The van der Waals surface area contributed by atoms with E-state index in [1.165, 1.54) is 18.8 Å². The predicted octanol–water partition coefficient (Wildman–Crippen LogP) is 3.17. The van der Waals surface area contributed by atoms with Gasteiger partial charge in [0, 0.05) is 41.7 Å². The molecule has 1 aromatic rings. The summed E-state index contributed by atoms with van der Waals surface area (Å²) in [7, 11) is 0. The summed E-state index contributed by atoms with van der Waals surface area (Å²) in [6, 6.07) is 7.93. The molecule has 1 aromatic carbocycles. The zero-order valence-corrected chi connectivity index (χ0v) is 12.4. The van der Waals surface area contributed by atoms with Gasteiger partial charge in [-0.05, 0) is 18.1 Å². The van der Waals surface area contributed by atoms with Crippen molar-refractivity contribution in [2.75, 3.05) is 25.4 Å². The van der Waals surface area contributed by atoms with E-state index < -0.39 is 0 Å². The summed E-state index contributed by atoms with van der Waals surface area (Å²) < 4.78 is 0. The van der Waals surface area contributed by atoms with Crippen molar-refractivity contribution in [1.82, 2.24) is 4.90 Å². The van der Waals surface area contributed by atoms with Gasteiger partial charge in [-0.2, -0.15) is 11.8 Å². The third kappa shape index (κ3) is 3.89. The molecule has 2 atom stereocenters. The zero-order valence-electron chi connectivity index (χ0n) is 10.8. The summed E-state index contributed by atoms with van der Waals surface area (Å²) in [5.41, 5.74) is 7.30. The van der Waals surface area contributed by atoms with Gasteiger partial charge in [-0.25, -0.2) is 0 Å². The van der Waals surface area contributed by atoms with Crippen LogP contribution in [0.15, 0.2) is 24.3 Å². The molecule has 2 rings (SSSR count). The molecule has 1 heterocycles. The van der Waals surface area contributed by atoms with Gasteiger partial charge in [0.1, 0.15) is 0 Å². The van der Waals surface area contributed by atoms with Gasteiger partial charge in [0.25, 0.3) is 0 Å². The molecule has 18 heavy (non-hydrogen) atoms. The third-order valence-electron chi connectivity index (χ3n) is 3.39. The molecule has 0 saturated carbocycles. The van der Waals surface area contributed by atoms with Crippen LogP contribution in [0.4, 0.5) is 0 Å². The van der Waals surface area contributed by atoms with E-state index in [0.29, 0.717) is 0 Å². The average Bonchev–Trinajstić information content (AvgIpc) is 2.37. The minimum absolute atomic E-state index is 0.0450. The number of benzene rings is 1. The van der Waals surface area contributed by atoms with E-state index in [1.54, 1.807) is 0 Å². The second-order valence-electron chi connectivity index (χ2n) is 4.90. The Bertz CT molecular complexity index is 386. The lowest BCUT2D eigenvalue weighted by molar-refractivity contribution is 0.275. The number of nitrogens with two attached hydrogens (primary N) is 1. The lowest BCUT2D eigenvalue weighted by Gasteiger charge is -2.31. The van der Waals surface area contributed by atoms with Crippen molar-refractivity contribution >= 4 is 23.4 Å². The molecular formula is C14H21ClN2S. The van der Waals surface area contributed by atoms with Crippen LogP contribution in [-0.2, 0) is 0 Å². The maximum atomic E-state index is 6.23. The van der Waals surface area contributed by atoms with Gasteiger partial charge >= 0.3 is 0 Å². The Balaban J connectivity index is 1.84. The average molecular weight is 285 g/mol. The van der Waals surface area contributed by atoms with Crippen LogP contribution in [-0.4, -0.2) is 35.5 Å². The number of halogens is 1. The highest BCUT2D eigenvalue weighted by atomic mass is 35.5. The fourth-order valence-corrected chi connectivity index (χ4v) is 3.70. The zero-order chi connectivity index (χ0) is 13.0. The lowest BCUT2D eigenvalue weighted by atomic mass is 10.0. The number of hydrogen-bond donors (Lipinski definition) is 1.